The number of hydrogen-bond donors (Lipinski definition) is 1. The Kier molecular flexibility index (Phi) is 5.49. The molecule has 6 heteroatoms. The molecule has 1 atom stereocenters. The Morgan fingerprint density at radius 1 is 1.25 bits per heavy atom. The molecule has 1 unspecified atom stereocenters. The van der Waals surface area contributed by atoms with Crippen LogP contribution in [-0.2, 0) is 20.7 Å². The summed E-state index contributed by atoms with van der Waals surface area (Å²) in [4.78, 5) is 26.4. The number of carbonyl (C=O) groups is 2. The molecular formula is C18H26N2O4. The minimum absolute atomic E-state index is 0.212. The maximum atomic E-state index is 12.5. The largest absolute Gasteiger partial charge is 0.468 e. The molecule has 1 aliphatic rings. The van der Waals surface area contributed by atoms with E-state index in [2.05, 4.69) is 5.32 Å². The first kappa shape index (κ1) is 18.3. The van der Waals surface area contributed by atoms with Gasteiger partial charge in [-0.05, 0) is 26.3 Å². The highest BCUT2D eigenvalue weighted by molar-refractivity contribution is 5.83. The number of esters is 1. The molecule has 1 amide bonds. The topological polar surface area (TPSA) is 67.9 Å². The number of ether oxygens (including phenoxy) is 2. The summed E-state index contributed by atoms with van der Waals surface area (Å²) in [7, 11) is 1.36. The molecule has 1 N–H and O–H groups in total. The lowest BCUT2D eigenvalue weighted by atomic mass is 9.88. The summed E-state index contributed by atoms with van der Waals surface area (Å²) in [6.45, 7) is 6.67. The Labute approximate surface area is 143 Å². The van der Waals surface area contributed by atoms with Gasteiger partial charge in [-0.25, -0.2) is 9.59 Å². The summed E-state index contributed by atoms with van der Waals surface area (Å²) in [5.74, 6) is -0.375. The van der Waals surface area contributed by atoms with Crippen LogP contribution < -0.4 is 5.32 Å². The van der Waals surface area contributed by atoms with Crippen molar-refractivity contribution >= 4 is 12.1 Å². The van der Waals surface area contributed by atoms with Crippen LogP contribution in [0.25, 0.3) is 0 Å². The zero-order chi connectivity index (χ0) is 17.8. The van der Waals surface area contributed by atoms with Crippen molar-refractivity contribution in [1.29, 1.82) is 0 Å². The molecule has 2 rings (SSSR count). The van der Waals surface area contributed by atoms with Gasteiger partial charge in [0.05, 0.1) is 13.7 Å². The summed E-state index contributed by atoms with van der Waals surface area (Å²) in [6.07, 6.45) is 0.0325. The average molecular weight is 334 g/mol. The van der Waals surface area contributed by atoms with E-state index in [1.165, 1.54) is 7.11 Å². The van der Waals surface area contributed by atoms with E-state index < -0.39 is 17.2 Å². The number of piperazine rings is 1. The number of amides is 1. The fraction of sp³-hybridized carbons (Fsp3) is 0.556. The van der Waals surface area contributed by atoms with Gasteiger partial charge >= 0.3 is 12.1 Å². The highest BCUT2D eigenvalue weighted by atomic mass is 16.6. The van der Waals surface area contributed by atoms with Gasteiger partial charge in [0, 0.05) is 19.5 Å². The highest BCUT2D eigenvalue weighted by Crippen LogP contribution is 2.22. The van der Waals surface area contributed by atoms with Gasteiger partial charge in [0.25, 0.3) is 0 Å². The average Bonchev–Trinajstić information content (AvgIpc) is 2.53. The van der Waals surface area contributed by atoms with Gasteiger partial charge < -0.3 is 14.4 Å². The molecule has 1 saturated heterocycles. The molecule has 1 heterocycles. The Morgan fingerprint density at radius 3 is 2.50 bits per heavy atom. The number of hydrogen-bond acceptors (Lipinski definition) is 5. The summed E-state index contributed by atoms with van der Waals surface area (Å²) >= 11 is 0. The molecule has 0 bridgehead atoms. The molecule has 0 aromatic heterocycles. The summed E-state index contributed by atoms with van der Waals surface area (Å²) in [5, 5.41) is 3.26. The van der Waals surface area contributed by atoms with Crippen molar-refractivity contribution in [3.63, 3.8) is 0 Å². The predicted octanol–water partition coefficient (Wildman–Crippen LogP) is 1.98. The molecule has 0 radical (unpaired) electrons. The molecule has 1 aromatic carbocycles. The standard InChI is InChI=1S/C18H26N2O4/c1-17(2,3)24-16(22)20-11-10-19-18(13-20,15(21)23-4)12-14-8-6-5-7-9-14/h5-9,19H,10-13H2,1-4H3. The van der Waals surface area contributed by atoms with Gasteiger partial charge in [0.15, 0.2) is 0 Å². The number of nitrogens with one attached hydrogen (secondary N) is 1. The Morgan fingerprint density at radius 2 is 1.92 bits per heavy atom. The molecule has 1 aliphatic heterocycles. The molecule has 6 nitrogen and oxygen atoms in total. The lowest BCUT2D eigenvalue weighted by Crippen LogP contribution is -2.67. The second-order valence-corrected chi connectivity index (χ2v) is 7.06. The van der Waals surface area contributed by atoms with Gasteiger partial charge in [-0.1, -0.05) is 30.3 Å². The summed E-state index contributed by atoms with van der Waals surface area (Å²) in [5.41, 5.74) is -0.540. The van der Waals surface area contributed by atoms with Crippen molar-refractivity contribution in [3.05, 3.63) is 35.9 Å². The fourth-order valence-corrected chi connectivity index (χ4v) is 2.84. The van der Waals surface area contributed by atoms with Crippen molar-refractivity contribution in [3.8, 4) is 0 Å². The van der Waals surface area contributed by atoms with Crippen molar-refractivity contribution in [2.75, 3.05) is 26.7 Å². The van der Waals surface area contributed by atoms with Crippen molar-refractivity contribution in [2.45, 2.75) is 38.3 Å². The van der Waals surface area contributed by atoms with Crippen molar-refractivity contribution < 1.29 is 19.1 Å². The number of methoxy groups -OCH3 is 1. The van der Waals surface area contributed by atoms with Gasteiger partial charge in [0.1, 0.15) is 11.1 Å². The predicted molar refractivity (Wildman–Crippen MR) is 90.7 cm³/mol. The molecular weight excluding hydrogens is 308 g/mol. The molecule has 0 aliphatic carbocycles. The van der Waals surface area contributed by atoms with Crippen LogP contribution in [0.15, 0.2) is 30.3 Å². The second-order valence-electron chi connectivity index (χ2n) is 7.06. The quantitative estimate of drug-likeness (QED) is 0.856. The molecule has 0 saturated carbocycles. The van der Waals surface area contributed by atoms with Crippen molar-refractivity contribution in [1.82, 2.24) is 10.2 Å². The van der Waals surface area contributed by atoms with Crippen LogP contribution in [0.2, 0.25) is 0 Å². The smallest absolute Gasteiger partial charge is 0.410 e. The van der Waals surface area contributed by atoms with E-state index in [0.29, 0.717) is 19.5 Å². The van der Waals surface area contributed by atoms with E-state index in [4.69, 9.17) is 9.47 Å². The number of benzene rings is 1. The molecule has 24 heavy (non-hydrogen) atoms. The van der Waals surface area contributed by atoms with Crippen molar-refractivity contribution in [2.24, 2.45) is 0 Å². The number of rotatable bonds is 3. The lowest BCUT2D eigenvalue weighted by molar-refractivity contribution is -0.150. The second kappa shape index (κ2) is 7.21. The Bertz CT molecular complexity index is 582. The zero-order valence-corrected chi connectivity index (χ0v) is 14.8. The molecule has 1 aromatic rings. The van der Waals surface area contributed by atoms with Gasteiger partial charge in [0.2, 0.25) is 0 Å². The third kappa shape index (κ3) is 4.47. The van der Waals surface area contributed by atoms with Crippen LogP contribution in [0.3, 0.4) is 0 Å². The lowest BCUT2D eigenvalue weighted by Gasteiger charge is -2.41. The Balaban J connectivity index is 2.21. The van der Waals surface area contributed by atoms with Crippen LogP contribution in [0.5, 0.6) is 0 Å². The van der Waals surface area contributed by atoms with Crippen LogP contribution in [0.4, 0.5) is 4.79 Å². The van der Waals surface area contributed by atoms with E-state index in [9.17, 15) is 9.59 Å². The van der Waals surface area contributed by atoms with Crippen LogP contribution >= 0.6 is 0 Å². The third-order valence-electron chi connectivity index (χ3n) is 3.88. The van der Waals surface area contributed by atoms with E-state index >= 15 is 0 Å². The molecule has 0 spiro atoms. The van der Waals surface area contributed by atoms with E-state index in [0.717, 1.165) is 5.56 Å². The highest BCUT2D eigenvalue weighted by Gasteiger charge is 2.45. The first-order valence-corrected chi connectivity index (χ1v) is 8.11. The first-order valence-electron chi connectivity index (χ1n) is 8.11. The van der Waals surface area contributed by atoms with E-state index in [1.54, 1.807) is 4.90 Å². The van der Waals surface area contributed by atoms with Crippen LogP contribution in [0, 0.1) is 0 Å². The Hall–Kier alpha value is -2.08. The minimum Gasteiger partial charge on any atom is -0.468 e. The SMILES string of the molecule is COC(=O)C1(Cc2ccccc2)CN(C(=O)OC(C)(C)C)CCN1. The maximum Gasteiger partial charge on any atom is 0.410 e. The normalized spacial score (nSPS) is 21.2. The van der Waals surface area contributed by atoms with E-state index in [1.807, 2.05) is 51.1 Å². The number of nitrogens with zero attached hydrogens (tertiary/aromatic N) is 1. The van der Waals surface area contributed by atoms with Gasteiger partial charge in [-0.3, -0.25) is 5.32 Å². The van der Waals surface area contributed by atoms with Gasteiger partial charge in [-0.15, -0.1) is 0 Å². The van der Waals surface area contributed by atoms with Crippen LogP contribution in [0.1, 0.15) is 26.3 Å². The monoisotopic (exact) mass is 334 g/mol. The minimum atomic E-state index is -0.967. The molecule has 1 fully saturated rings. The zero-order valence-electron chi connectivity index (χ0n) is 14.8. The summed E-state index contributed by atoms with van der Waals surface area (Å²) < 4.78 is 10.5. The van der Waals surface area contributed by atoms with Crippen LogP contribution in [-0.4, -0.2) is 54.8 Å². The van der Waals surface area contributed by atoms with Gasteiger partial charge in [-0.2, -0.15) is 0 Å². The third-order valence-corrected chi connectivity index (χ3v) is 3.88. The molecule has 132 valence electrons. The summed E-state index contributed by atoms with van der Waals surface area (Å²) in [6, 6.07) is 9.69. The maximum absolute atomic E-state index is 12.5. The number of carbonyl (C=O) groups excluding carboxylic acids is 2. The first-order chi connectivity index (χ1) is 11.3. The van der Waals surface area contributed by atoms with E-state index in [-0.39, 0.29) is 12.5 Å². The fourth-order valence-electron chi connectivity index (χ4n) is 2.84.